The molecule has 0 saturated heterocycles. The second-order valence-corrected chi connectivity index (χ2v) is 4.94. The molecule has 0 unspecified atom stereocenters. The summed E-state index contributed by atoms with van der Waals surface area (Å²) in [4.78, 5) is 12.4. The summed E-state index contributed by atoms with van der Waals surface area (Å²) >= 11 is 3.24. The largest absolute Gasteiger partial charge is 0.465 e. The van der Waals surface area contributed by atoms with Crippen molar-refractivity contribution in [2.75, 3.05) is 20.7 Å². The van der Waals surface area contributed by atoms with Gasteiger partial charge in [0.2, 0.25) is 0 Å². The van der Waals surface area contributed by atoms with Crippen molar-refractivity contribution in [3.05, 3.63) is 33.8 Å². The molecule has 0 amide bonds. The average Bonchev–Trinajstić information content (AvgIpc) is 2.28. The molecule has 3 nitrogen and oxygen atoms in total. The van der Waals surface area contributed by atoms with Crippen molar-refractivity contribution in [1.82, 2.24) is 4.90 Å². The first-order chi connectivity index (χ1) is 8.73. The van der Waals surface area contributed by atoms with Crippen LogP contribution in [0.4, 0.5) is 13.2 Å². The Morgan fingerprint density at radius 2 is 2.05 bits per heavy atom. The predicted molar refractivity (Wildman–Crippen MR) is 67.9 cm³/mol. The van der Waals surface area contributed by atoms with Crippen LogP contribution in [0, 0.1) is 0 Å². The number of esters is 1. The van der Waals surface area contributed by atoms with Gasteiger partial charge in [0, 0.05) is 11.0 Å². The minimum Gasteiger partial charge on any atom is -0.465 e. The van der Waals surface area contributed by atoms with Crippen molar-refractivity contribution in [3.8, 4) is 0 Å². The van der Waals surface area contributed by atoms with Crippen molar-refractivity contribution < 1.29 is 22.7 Å². The smallest absolute Gasteiger partial charge is 0.401 e. The second kappa shape index (κ2) is 6.38. The maximum Gasteiger partial charge on any atom is 0.401 e. The van der Waals surface area contributed by atoms with E-state index in [-0.39, 0.29) is 6.54 Å². The van der Waals surface area contributed by atoms with Crippen molar-refractivity contribution >= 4 is 21.9 Å². The van der Waals surface area contributed by atoms with Gasteiger partial charge in [-0.15, -0.1) is 0 Å². The summed E-state index contributed by atoms with van der Waals surface area (Å²) in [6.07, 6.45) is -4.23. The fraction of sp³-hybridized carbons (Fsp3) is 0.417. The lowest BCUT2D eigenvalue weighted by molar-refractivity contribution is -0.144. The van der Waals surface area contributed by atoms with Gasteiger partial charge in [0.1, 0.15) is 0 Å². The van der Waals surface area contributed by atoms with E-state index in [1.165, 1.54) is 26.3 Å². The zero-order valence-electron chi connectivity index (χ0n) is 10.4. The Labute approximate surface area is 117 Å². The molecule has 0 radical (unpaired) electrons. The molecule has 1 aromatic rings. The van der Waals surface area contributed by atoms with Crippen molar-refractivity contribution in [1.29, 1.82) is 0 Å². The predicted octanol–water partition coefficient (Wildman–Crippen LogP) is 3.23. The molecule has 1 rings (SSSR count). The third-order valence-corrected chi connectivity index (χ3v) is 3.10. The standard InChI is InChI=1S/C12H13BrF3NO2/c1-17(7-12(14,15)16)6-9-4-3-8(5-10(9)13)11(18)19-2/h3-5H,6-7H2,1-2H3. The number of carbonyl (C=O) groups excluding carboxylic acids is 1. The first-order valence-electron chi connectivity index (χ1n) is 5.35. The Bertz CT molecular complexity index is 463. The molecule has 19 heavy (non-hydrogen) atoms. The number of ether oxygens (including phenoxy) is 1. The molecule has 0 aliphatic carbocycles. The zero-order chi connectivity index (χ0) is 14.6. The molecular formula is C12H13BrF3NO2. The number of methoxy groups -OCH3 is 1. The molecule has 0 N–H and O–H groups in total. The highest BCUT2D eigenvalue weighted by Gasteiger charge is 2.29. The maximum absolute atomic E-state index is 12.2. The first kappa shape index (κ1) is 16.0. The lowest BCUT2D eigenvalue weighted by atomic mass is 10.1. The molecule has 7 heteroatoms. The summed E-state index contributed by atoms with van der Waals surface area (Å²) in [5, 5.41) is 0. The zero-order valence-corrected chi connectivity index (χ0v) is 12.0. The number of hydrogen-bond donors (Lipinski definition) is 0. The van der Waals surface area contributed by atoms with Crippen molar-refractivity contribution in [3.63, 3.8) is 0 Å². The van der Waals surface area contributed by atoms with Gasteiger partial charge in [-0.05, 0) is 24.7 Å². The molecule has 0 aliphatic rings. The van der Waals surface area contributed by atoms with Gasteiger partial charge < -0.3 is 4.74 Å². The molecule has 0 bridgehead atoms. The Morgan fingerprint density at radius 3 is 2.53 bits per heavy atom. The fourth-order valence-electron chi connectivity index (χ4n) is 1.57. The highest BCUT2D eigenvalue weighted by atomic mass is 79.9. The molecule has 0 saturated carbocycles. The van der Waals surface area contributed by atoms with Crippen LogP contribution in [0.5, 0.6) is 0 Å². The van der Waals surface area contributed by atoms with E-state index in [0.29, 0.717) is 15.6 Å². The number of carbonyl (C=O) groups is 1. The number of rotatable bonds is 4. The Balaban J connectivity index is 2.78. The summed E-state index contributed by atoms with van der Waals surface area (Å²) in [7, 11) is 2.65. The third-order valence-electron chi connectivity index (χ3n) is 2.36. The molecule has 0 fully saturated rings. The van der Waals surface area contributed by atoms with Gasteiger partial charge in [0.25, 0.3) is 0 Å². The van der Waals surface area contributed by atoms with Crippen molar-refractivity contribution in [2.45, 2.75) is 12.7 Å². The molecule has 0 heterocycles. The summed E-state index contributed by atoms with van der Waals surface area (Å²) < 4.78 is 41.8. The SMILES string of the molecule is COC(=O)c1ccc(CN(C)CC(F)(F)F)c(Br)c1. The average molecular weight is 340 g/mol. The van der Waals surface area contributed by atoms with Crippen LogP contribution in [0.3, 0.4) is 0 Å². The van der Waals surface area contributed by atoms with Gasteiger partial charge in [-0.1, -0.05) is 22.0 Å². The summed E-state index contributed by atoms with van der Waals surface area (Å²) in [5.41, 5.74) is 1.01. The topological polar surface area (TPSA) is 29.5 Å². The van der Waals surface area contributed by atoms with Crippen LogP contribution < -0.4 is 0 Å². The van der Waals surface area contributed by atoms with Crippen LogP contribution in [-0.2, 0) is 11.3 Å². The van der Waals surface area contributed by atoms with E-state index in [4.69, 9.17) is 0 Å². The first-order valence-corrected chi connectivity index (χ1v) is 6.14. The number of hydrogen-bond acceptors (Lipinski definition) is 3. The molecular weight excluding hydrogens is 327 g/mol. The van der Waals surface area contributed by atoms with Crippen LogP contribution >= 0.6 is 15.9 Å². The summed E-state index contributed by atoms with van der Waals surface area (Å²) in [6.45, 7) is -0.861. The minimum absolute atomic E-state index is 0.127. The molecule has 1 aromatic carbocycles. The number of alkyl halides is 3. The monoisotopic (exact) mass is 339 g/mol. The van der Waals surface area contributed by atoms with E-state index >= 15 is 0 Å². The van der Waals surface area contributed by atoms with Crippen LogP contribution in [-0.4, -0.2) is 37.7 Å². The fourth-order valence-corrected chi connectivity index (χ4v) is 2.08. The van der Waals surface area contributed by atoms with E-state index in [9.17, 15) is 18.0 Å². The number of halogens is 4. The van der Waals surface area contributed by atoms with E-state index in [1.54, 1.807) is 6.07 Å². The van der Waals surface area contributed by atoms with Gasteiger partial charge in [0.15, 0.2) is 0 Å². The normalized spacial score (nSPS) is 11.7. The highest BCUT2D eigenvalue weighted by molar-refractivity contribution is 9.10. The maximum atomic E-state index is 12.2. The Kier molecular flexibility index (Phi) is 5.37. The third kappa shape index (κ3) is 5.20. The lowest BCUT2D eigenvalue weighted by Crippen LogP contribution is -2.30. The number of nitrogens with zero attached hydrogens (tertiary/aromatic N) is 1. The van der Waals surface area contributed by atoms with E-state index < -0.39 is 18.7 Å². The Morgan fingerprint density at radius 1 is 1.42 bits per heavy atom. The lowest BCUT2D eigenvalue weighted by Gasteiger charge is -2.19. The molecule has 0 atom stereocenters. The van der Waals surface area contributed by atoms with Crippen LogP contribution in [0.25, 0.3) is 0 Å². The van der Waals surface area contributed by atoms with Gasteiger partial charge in [-0.25, -0.2) is 4.79 Å². The Hall–Kier alpha value is -1.08. The van der Waals surface area contributed by atoms with Gasteiger partial charge in [-0.3, -0.25) is 4.90 Å². The number of benzene rings is 1. The molecule has 106 valence electrons. The van der Waals surface area contributed by atoms with E-state index in [1.807, 2.05) is 0 Å². The van der Waals surface area contributed by atoms with Crippen LogP contribution in [0.2, 0.25) is 0 Å². The van der Waals surface area contributed by atoms with Crippen LogP contribution in [0.15, 0.2) is 22.7 Å². The van der Waals surface area contributed by atoms with Gasteiger partial charge in [0.05, 0.1) is 19.2 Å². The van der Waals surface area contributed by atoms with Gasteiger partial charge >= 0.3 is 12.1 Å². The second-order valence-electron chi connectivity index (χ2n) is 4.09. The molecule has 0 aliphatic heterocycles. The van der Waals surface area contributed by atoms with Crippen LogP contribution in [0.1, 0.15) is 15.9 Å². The minimum atomic E-state index is -4.23. The van der Waals surface area contributed by atoms with E-state index in [2.05, 4.69) is 20.7 Å². The molecule has 0 spiro atoms. The molecule has 0 aromatic heterocycles. The van der Waals surface area contributed by atoms with Gasteiger partial charge in [-0.2, -0.15) is 13.2 Å². The van der Waals surface area contributed by atoms with E-state index in [0.717, 1.165) is 4.90 Å². The highest BCUT2D eigenvalue weighted by Crippen LogP contribution is 2.22. The quantitative estimate of drug-likeness (QED) is 0.789. The summed E-state index contributed by atoms with van der Waals surface area (Å²) in [5.74, 6) is -0.490. The van der Waals surface area contributed by atoms with Crippen molar-refractivity contribution in [2.24, 2.45) is 0 Å². The summed E-state index contributed by atoms with van der Waals surface area (Å²) in [6, 6.07) is 4.65.